The molecule has 1 saturated heterocycles. The molecule has 0 bridgehead atoms. The first-order valence-electron chi connectivity index (χ1n) is 8.81. The van der Waals surface area contributed by atoms with Crippen molar-refractivity contribution in [2.45, 2.75) is 62.8 Å². The molecule has 1 atom stereocenters. The third kappa shape index (κ3) is 5.28. The van der Waals surface area contributed by atoms with Crippen LogP contribution in [0.5, 0.6) is 0 Å². The molecule has 0 spiro atoms. The number of aliphatic imine (C=N–C) groups is 1. The van der Waals surface area contributed by atoms with E-state index in [0.29, 0.717) is 10.8 Å². The first-order chi connectivity index (χ1) is 11.2. The molecular weight excluding hydrogens is 433 g/mol. The first kappa shape index (κ1) is 19.9. The van der Waals surface area contributed by atoms with Gasteiger partial charge < -0.3 is 10.6 Å². The van der Waals surface area contributed by atoms with Gasteiger partial charge in [-0.2, -0.15) is 16.9 Å². The van der Waals surface area contributed by atoms with E-state index in [2.05, 4.69) is 51.3 Å². The van der Waals surface area contributed by atoms with Crippen LogP contribution in [-0.2, 0) is 6.54 Å². The van der Waals surface area contributed by atoms with Crippen molar-refractivity contribution in [2.75, 3.05) is 19.3 Å². The average Bonchev–Trinajstić information content (AvgIpc) is 3.29. The molecule has 5 nitrogen and oxygen atoms in total. The quantitative estimate of drug-likeness (QED) is 0.398. The second-order valence-corrected chi connectivity index (χ2v) is 8.59. The summed E-state index contributed by atoms with van der Waals surface area (Å²) in [6, 6.07) is 2.73. The van der Waals surface area contributed by atoms with E-state index in [0.717, 1.165) is 24.7 Å². The van der Waals surface area contributed by atoms with Crippen LogP contribution >= 0.6 is 35.7 Å². The van der Waals surface area contributed by atoms with Gasteiger partial charge in [0.25, 0.3) is 0 Å². The van der Waals surface area contributed by atoms with Gasteiger partial charge in [-0.25, -0.2) is 0 Å². The van der Waals surface area contributed by atoms with Crippen molar-refractivity contribution in [3.63, 3.8) is 0 Å². The Morgan fingerprint density at radius 3 is 2.83 bits per heavy atom. The van der Waals surface area contributed by atoms with Gasteiger partial charge in [-0.3, -0.25) is 9.67 Å². The maximum Gasteiger partial charge on any atom is 0.191 e. The Morgan fingerprint density at radius 2 is 2.17 bits per heavy atom. The number of hydrogen-bond acceptors (Lipinski definition) is 3. The van der Waals surface area contributed by atoms with Crippen LogP contribution in [0.15, 0.2) is 17.3 Å². The lowest BCUT2D eigenvalue weighted by Gasteiger charge is -2.24. The van der Waals surface area contributed by atoms with Crippen molar-refractivity contribution in [2.24, 2.45) is 4.99 Å². The highest BCUT2D eigenvalue weighted by molar-refractivity contribution is 14.0. The van der Waals surface area contributed by atoms with Crippen molar-refractivity contribution >= 4 is 41.7 Å². The Kier molecular flexibility index (Phi) is 7.71. The zero-order valence-corrected chi connectivity index (χ0v) is 17.9. The number of guanidine groups is 1. The fourth-order valence-corrected chi connectivity index (χ4v) is 4.73. The lowest BCUT2D eigenvalue weighted by atomic mass is 10.1. The lowest BCUT2D eigenvalue weighted by molar-refractivity contribution is 0.462. The summed E-state index contributed by atoms with van der Waals surface area (Å²) in [5.74, 6) is 2.15. The Bertz CT molecular complexity index is 533. The Balaban J connectivity index is 0.00000208. The summed E-state index contributed by atoms with van der Waals surface area (Å²) in [6.07, 6.45) is 9.96. The number of halogens is 1. The van der Waals surface area contributed by atoms with Crippen LogP contribution in [0, 0.1) is 0 Å². The van der Waals surface area contributed by atoms with Gasteiger partial charge >= 0.3 is 0 Å². The summed E-state index contributed by atoms with van der Waals surface area (Å²) < 4.78 is 2.50. The van der Waals surface area contributed by atoms with Crippen LogP contribution < -0.4 is 10.6 Å². The van der Waals surface area contributed by atoms with Gasteiger partial charge in [0.1, 0.15) is 0 Å². The average molecular weight is 463 g/mol. The third-order valence-electron chi connectivity index (χ3n) is 4.95. The molecule has 1 unspecified atom stereocenters. The van der Waals surface area contributed by atoms with Crippen LogP contribution in [0.4, 0.5) is 0 Å². The van der Waals surface area contributed by atoms with E-state index < -0.39 is 0 Å². The highest BCUT2D eigenvalue weighted by Gasteiger charge is 2.29. The number of thioether (sulfide) groups is 1. The summed E-state index contributed by atoms with van der Waals surface area (Å²) in [6.45, 7) is 4.03. The van der Waals surface area contributed by atoms with Gasteiger partial charge in [0.15, 0.2) is 5.96 Å². The summed E-state index contributed by atoms with van der Waals surface area (Å²) in [7, 11) is 1.83. The molecule has 7 heteroatoms. The van der Waals surface area contributed by atoms with Crippen LogP contribution in [0.2, 0.25) is 0 Å². The lowest BCUT2D eigenvalue weighted by Crippen LogP contribution is -2.43. The predicted molar refractivity (Wildman–Crippen MR) is 113 cm³/mol. The maximum atomic E-state index is 4.72. The molecule has 1 aliphatic carbocycles. The molecule has 1 aliphatic heterocycles. The van der Waals surface area contributed by atoms with Crippen LogP contribution in [-0.4, -0.2) is 39.8 Å². The number of hydrogen-bond donors (Lipinski definition) is 2. The predicted octanol–water partition coefficient (Wildman–Crippen LogP) is 3.57. The molecule has 2 N–H and O–H groups in total. The number of nitrogens with one attached hydrogen (secondary N) is 2. The molecule has 2 aliphatic rings. The first-order valence-corrected chi connectivity index (χ1v) is 9.80. The highest BCUT2D eigenvalue weighted by atomic mass is 127. The number of aromatic nitrogens is 2. The molecule has 24 heavy (non-hydrogen) atoms. The Morgan fingerprint density at radius 1 is 1.38 bits per heavy atom. The minimum Gasteiger partial charge on any atom is -0.355 e. The zero-order valence-electron chi connectivity index (χ0n) is 14.8. The van der Waals surface area contributed by atoms with E-state index in [1.54, 1.807) is 0 Å². The molecule has 2 fully saturated rings. The Hall–Kier alpha value is -0.440. The molecule has 2 heterocycles. The molecule has 1 saturated carbocycles. The largest absolute Gasteiger partial charge is 0.355 e. The second kappa shape index (κ2) is 9.31. The van der Waals surface area contributed by atoms with Gasteiger partial charge in [-0.1, -0.05) is 12.8 Å². The number of nitrogens with zero attached hydrogens (tertiary/aromatic N) is 3. The molecule has 0 amide bonds. The summed E-state index contributed by atoms with van der Waals surface area (Å²) in [5.41, 5.74) is 1.08. The standard InChI is InChI=1S/C17H29N5S.HI/c1-17(9-5-11-23-17)13-20-16(18-2)19-12-14-8-10-22(21-14)15-6-3-4-7-15;/h8,10,15H,3-7,9,11-13H2,1-2H3,(H2,18,19,20);1H. The van der Waals surface area contributed by atoms with E-state index in [4.69, 9.17) is 5.10 Å². The fraction of sp³-hybridized carbons (Fsp3) is 0.765. The third-order valence-corrected chi connectivity index (χ3v) is 6.49. The molecular formula is C17H30IN5S. The van der Waals surface area contributed by atoms with Gasteiger partial charge in [0.2, 0.25) is 0 Å². The van der Waals surface area contributed by atoms with E-state index in [9.17, 15) is 0 Å². The summed E-state index contributed by atoms with van der Waals surface area (Å²) in [4.78, 5) is 4.33. The van der Waals surface area contributed by atoms with Crippen molar-refractivity contribution < 1.29 is 0 Å². The van der Waals surface area contributed by atoms with Gasteiger partial charge in [0.05, 0.1) is 18.3 Å². The number of rotatable bonds is 5. The molecule has 1 aromatic rings. The monoisotopic (exact) mass is 463 g/mol. The second-order valence-electron chi connectivity index (χ2n) is 6.91. The van der Waals surface area contributed by atoms with Crippen molar-refractivity contribution in [3.8, 4) is 0 Å². The minimum absolute atomic E-state index is 0. The summed E-state index contributed by atoms with van der Waals surface area (Å²) in [5, 5.41) is 11.6. The van der Waals surface area contributed by atoms with Crippen molar-refractivity contribution in [1.29, 1.82) is 0 Å². The van der Waals surface area contributed by atoms with E-state index in [1.165, 1.54) is 44.3 Å². The van der Waals surface area contributed by atoms with Gasteiger partial charge in [0, 0.05) is 24.5 Å². The van der Waals surface area contributed by atoms with E-state index >= 15 is 0 Å². The van der Waals surface area contributed by atoms with Crippen molar-refractivity contribution in [3.05, 3.63) is 18.0 Å². The minimum atomic E-state index is 0. The van der Waals surface area contributed by atoms with Crippen LogP contribution in [0.3, 0.4) is 0 Å². The molecule has 1 aromatic heterocycles. The molecule has 136 valence electrons. The molecule has 0 radical (unpaired) electrons. The van der Waals surface area contributed by atoms with Crippen LogP contribution in [0.25, 0.3) is 0 Å². The summed E-state index contributed by atoms with van der Waals surface area (Å²) >= 11 is 2.07. The normalized spacial score (nSPS) is 24.8. The fourth-order valence-electron chi connectivity index (χ4n) is 3.49. The molecule has 0 aromatic carbocycles. The molecule has 3 rings (SSSR count). The van der Waals surface area contributed by atoms with Crippen LogP contribution in [0.1, 0.15) is 57.2 Å². The highest BCUT2D eigenvalue weighted by Crippen LogP contribution is 2.36. The van der Waals surface area contributed by atoms with Gasteiger partial charge in [-0.15, -0.1) is 24.0 Å². The SMILES string of the molecule is CN=C(NCc1ccn(C2CCCC2)n1)NCC1(C)CCCS1.I. The topological polar surface area (TPSA) is 54.2 Å². The van der Waals surface area contributed by atoms with E-state index in [1.807, 2.05) is 7.05 Å². The van der Waals surface area contributed by atoms with Crippen molar-refractivity contribution in [1.82, 2.24) is 20.4 Å². The zero-order chi connectivity index (χ0) is 16.1. The van der Waals surface area contributed by atoms with E-state index in [-0.39, 0.29) is 24.0 Å². The Labute approximate surface area is 166 Å². The maximum absolute atomic E-state index is 4.72. The van der Waals surface area contributed by atoms with Gasteiger partial charge in [-0.05, 0) is 44.4 Å². The smallest absolute Gasteiger partial charge is 0.191 e.